The second kappa shape index (κ2) is 38.2. The van der Waals surface area contributed by atoms with Crippen molar-refractivity contribution in [2.75, 3.05) is 40.9 Å². The lowest BCUT2D eigenvalue weighted by molar-refractivity contribution is -0.870. The van der Waals surface area contributed by atoms with Crippen LogP contribution in [-0.4, -0.2) is 68.5 Å². The first-order valence-electron chi connectivity index (χ1n) is 21.9. The molecule has 0 fully saturated rings. The second-order valence-corrected chi connectivity index (χ2v) is 17.1. The quantitative estimate of drug-likeness (QED) is 0.0279. The van der Waals surface area contributed by atoms with Crippen LogP contribution in [0, 0.1) is 0 Å². The van der Waals surface area contributed by atoms with Gasteiger partial charge < -0.3 is 28.8 Å². The zero-order valence-electron chi connectivity index (χ0n) is 36.3. The number of hydrogen-bond acceptors (Lipinski definition) is 6. The number of nitrogens with one attached hydrogen (secondary N) is 1. The number of phosphoric acid groups is 1. The molecule has 0 heterocycles. The lowest BCUT2D eigenvalue weighted by atomic mass is 10.1. The van der Waals surface area contributed by atoms with Crippen molar-refractivity contribution in [2.24, 2.45) is 0 Å². The Balaban J connectivity index is 4.54. The number of nitrogens with zero attached hydrogens (tertiary/aromatic N) is 1. The van der Waals surface area contributed by atoms with Crippen LogP contribution in [0.1, 0.15) is 155 Å². The lowest BCUT2D eigenvalue weighted by Gasteiger charge is -2.29. The number of aliphatic hydroxyl groups is 1. The minimum absolute atomic E-state index is 0.0167. The van der Waals surface area contributed by atoms with Crippen molar-refractivity contribution in [3.8, 4) is 0 Å². The summed E-state index contributed by atoms with van der Waals surface area (Å²) in [5.41, 5.74) is 0. The van der Waals surface area contributed by atoms with E-state index in [-0.39, 0.29) is 12.5 Å². The van der Waals surface area contributed by atoms with E-state index in [0.717, 1.165) is 96.3 Å². The normalized spacial score (nSPS) is 15.2. The third kappa shape index (κ3) is 39.9. The first-order valence-corrected chi connectivity index (χ1v) is 23.4. The predicted octanol–water partition coefficient (Wildman–Crippen LogP) is 11.6. The van der Waals surface area contributed by atoms with Crippen LogP contribution in [0.5, 0.6) is 0 Å². The van der Waals surface area contributed by atoms with Crippen molar-refractivity contribution in [1.82, 2.24) is 5.32 Å². The van der Waals surface area contributed by atoms with Gasteiger partial charge in [0, 0.05) is 6.42 Å². The molecule has 8 nitrogen and oxygen atoms in total. The molecule has 9 heteroatoms. The van der Waals surface area contributed by atoms with Gasteiger partial charge in [-0.05, 0) is 83.5 Å². The van der Waals surface area contributed by atoms with Crippen LogP contribution in [0.15, 0.2) is 85.1 Å². The molecule has 0 aliphatic rings. The molecule has 1 amide bonds. The number of likely N-dealkylation sites (N-methyl/N-ethyl adjacent to an activating group) is 1. The van der Waals surface area contributed by atoms with E-state index in [9.17, 15) is 19.4 Å². The molecule has 0 aliphatic heterocycles. The Hall–Kier alpha value is -2.32. The van der Waals surface area contributed by atoms with E-state index in [1.165, 1.54) is 38.5 Å². The van der Waals surface area contributed by atoms with E-state index in [0.29, 0.717) is 17.4 Å². The molecule has 0 saturated heterocycles. The van der Waals surface area contributed by atoms with Gasteiger partial charge in [-0.25, -0.2) is 0 Å². The maximum absolute atomic E-state index is 12.8. The van der Waals surface area contributed by atoms with Crippen LogP contribution in [0.4, 0.5) is 0 Å². The Bertz CT molecular complexity index is 1180. The van der Waals surface area contributed by atoms with Crippen LogP contribution in [-0.2, 0) is 18.4 Å². The fourth-order valence-electron chi connectivity index (χ4n) is 5.58. The summed E-state index contributed by atoms with van der Waals surface area (Å²) in [4.78, 5) is 25.3. The number of rotatable bonds is 38. The zero-order chi connectivity index (χ0) is 41.4. The molecule has 0 aromatic heterocycles. The largest absolute Gasteiger partial charge is 0.756 e. The summed E-state index contributed by atoms with van der Waals surface area (Å²) < 4.78 is 23.1. The van der Waals surface area contributed by atoms with Gasteiger partial charge >= 0.3 is 0 Å². The second-order valence-electron chi connectivity index (χ2n) is 15.6. The summed E-state index contributed by atoms with van der Waals surface area (Å²) in [6.45, 7) is 4.45. The van der Waals surface area contributed by atoms with Crippen molar-refractivity contribution in [2.45, 2.75) is 167 Å². The summed E-state index contributed by atoms with van der Waals surface area (Å²) in [6.07, 6.45) is 52.0. The van der Waals surface area contributed by atoms with Gasteiger partial charge in [-0.2, -0.15) is 0 Å². The Labute approximate surface area is 344 Å². The molecule has 3 atom stereocenters. The standard InChI is InChI=1S/C47H83N2O6P/c1-6-8-10-12-14-16-18-20-22-23-24-25-27-29-31-33-35-37-39-41-47(51)48-45(44-55-56(52,53)54-43-42-49(3,4)5)46(50)40-38-36-34-32-30-28-26-21-19-17-15-13-11-9-7-2/h8,10,14,16,19-22,24-25,30,32,38,40,45-46,50H,6-7,9,11-13,15,17-18,23,26-29,31,33-37,39,41-44H2,1-5H3,(H-,48,51,52,53)/b10-8-,16-14-,21-19+,22-20-,25-24-,32-30+,40-38+. The molecule has 3 unspecified atom stereocenters. The SMILES string of the molecule is CC/C=C\C/C=C\C/C=C\C/C=C\CCCCCCCCC(=O)NC(COP(=O)([O-])OCC[N+](C)(C)C)C(O)/C=C/CC/C=C/CC/C=C/CCCCCCC. The maximum Gasteiger partial charge on any atom is 0.268 e. The zero-order valence-corrected chi connectivity index (χ0v) is 37.2. The van der Waals surface area contributed by atoms with Gasteiger partial charge in [-0.3, -0.25) is 9.36 Å². The number of amides is 1. The van der Waals surface area contributed by atoms with Crippen molar-refractivity contribution >= 4 is 13.7 Å². The third-order valence-corrected chi connectivity index (χ3v) is 10.0. The summed E-state index contributed by atoms with van der Waals surface area (Å²) in [5.74, 6) is -0.231. The number of phosphoric ester groups is 1. The van der Waals surface area contributed by atoms with Gasteiger partial charge in [0.05, 0.1) is 39.9 Å². The first kappa shape index (κ1) is 53.7. The fraction of sp³-hybridized carbons (Fsp3) is 0.681. The molecule has 322 valence electrons. The highest BCUT2D eigenvalue weighted by atomic mass is 31.2. The molecule has 0 bridgehead atoms. The number of allylic oxidation sites excluding steroid dienone is 13. The number of aliphatic hydroxyl groups excluding tert-OH is 1. The third-order valence-electron chi connectivity index (χ3n) is 9.07. The average Bonchev–Trinajstić information content (AvgIpc) is 3.15. The van der Waals surface area contributed by atoms with E-state index in [1.807, 2.05) is 27.2 Å². The Morgan fingerprint density at radius 1 is 0.643 bits per heavy atom. The molecule has 0 aromatic carbocycles. The Morgan fingerprint density at radius 3 is 1.66 bits per heavy atom. The van der Waals surface area contributed by atoms with Crippen LogP contribution in [0.3, 0.4) is 0 Å². The van der Waals surface area contributed by atoms with Gasteiger partial charge in [0.1, 0.15) is 13.2 Å². The van der Waals surface area contributed by atoms with Gasteiger partial charge in [0.25, 0.3) is 7.82 Å². The molecule has 0 spiro atoms. The monoisotopic (exact) mass is 803 g/mol. The van der Waals surface area contributed by atoms with Crippen LogP contribution in [0.2, 0.25) is 0 Å². The minimum atomic E-state index is -4.61. The Morgan fingerprint density at radius 2 is 1.11 bits per heavy atom. The molecule has 0 aliphatic carbocycles. The summed E-state index contributed by atoms with van der Waals surface area (Å²) in [7, 11) is 1.21. The number of carbonyl (C=O) groups excluding carboxylic acids is 1. The lowest BCUT2D eigenvalue weighted by Crippen LogP contribution is -2.45. The topological polar surface area (TPSA) is 108 Å². The van der Waals surface area contributed by atoms with E-state index < -0.39 is 26.6 Å². The summed E-state index contributed by atoms with van der Waals surface area (Å²) in [6, 6.07) is -0.921. The molecule has 0 saturated carbocycles. The van der Waals surface area contributed by atoms with E-state index in [4.69, 9.17) is 9.05 Å². The van der Waals surface area contributed by atoms with Crippen molar-refractivity contribution in [3.63, 3.8) is 0 Å². The van der Waals surface area contributed by atoms with Crippen molar-refractivity contribution in [3.05, 3.63) is 85.1 Å². The van der Waals surface area contributed by atoms with E-state index in [2.05, 4.69) is 92.1 Å². The van der Waals surface area contributed by atoms with Crippen LogP contribution in [0.25, 0.3) is 0 Å². The molecule has 2 N–H and O–H groups in total. The van der Waals surface area contributed by atoms with Crippen LogP contribution < -0.4 is 10.2 Å². The highest BCUT2D eigenvalue weighted by Crippen LogP contribution is 2.38. The number of quaternary nitrogens is 1. The van der Waals surface area contributed by atoms with Gasteiger partial charge in [-0.1, -0.05) is 150 Å². The highest BCUT2D eigenvalue weighted by molar-refractivity contribution is 7.45. The van der Waals surface area contributed by atoms with Gasteiger partial charge in [-0.15, -0.1) is 0 Å². The average molecular weight is 803 g/mol. The first-order chi connectivity index (χ1) is 27.0. The van der Waals surface area contributed by atoms with E-state index >= 15 is 0 Å². The molecule has 0 radical (unpaired) electrons. The number of unbranched alkanes of at least 4 members (excludes halogenated alkanes) is 13. The minimum Gasteiger partial charge on any atom is -0.756 e. The molecule has 0 rings (SSSR count). The van der Waals surface area contributed by atoms with Crippen LogP contribution >= 0.6 is 7.82 Å². The van der Waals surface area contributed by atoms with Crippen molar-refractivity contribution in [1.29, 1.82) is 0 Å². The molecular formula is C47H83N2O6P. The van der Waals surface area contributed by atoms with Gasteiger partial charge in [0.15, 0.2) is 0 Å². The molecule has 0 aromatic rings. The predicted molar refractivity (Wildman–Crippen MR) is 237 cm³/mol. The molecular weight excluding hydrogens is 719 g/mol. The molecule has 56 heavy (non-hydrogen) atoms. The number of carbonyl (C=O) groups is 1. The van der Waals surface area contributed by atoms with E-state index in [1.54, 1.807) is 6.08 Å². The van der Waals surface area contributed by atoms with Crippen molar-refractivity contribution < 1.29 is 32.9 Å². The number of hydrogen-bond donors (Lipinski definition) is 2. The van der Waals surface area contributed by atoms with Gasteiger partial charge in [0.2, 0.25) is 5.91 Å². The Kier molecular flexibility index (Phi) is 36.6. The highest BCUT2D eigenvalue weighted by Gasteiger charge is 2.23. The summed E-state index contributed by atoms with van der Waals surface area (Å²) >= 11 is 0. The summed E-state index contributed by atoms with van der Waals surface area (Å²) in [5, 5.41) is 13.7. The fourth-order valence-corrected chi connectivity index (χ4v) is 6.31. The maximum atomic E-state index is 12.8. The smallest absolute Gasteiger partial charge is 0.268 e.